The monoisotopic (exact) mass is 279 g/mol. The van der Waals surface area contributed by atoms with Crippen LogP contribution in [-0.2, 0) is 11.3 Å². The molecule has 1 aromatic carbocycles. The summed E-state index contributed by atoms with van der Waals surface area (Å²) in [6.07, 6.45) is 7.66. The second-order valence-corrected chi connectivity index (χ2v) is 6.08. The van der Waals surface area contributed by atoms with Gasteiger partial charge in [0.25, 0.3) is 0 Å². The van der Waals surface area contributed by atoms with Crippen LogP contribution in [0.2, 0.25) is 0 Å². The second-order valence-electron chi connectivity index (χ2n) is 6.08. The van der Waals surface area contributed by atoms with Gasteiger partial charge in [-0.1, -0.05) is 25.1 Å². The van der Waals surface area contributed by atoms with Crippen LogP contribution in [0.4, 0.5) is 0 Å². The van der Waals surface area contributed by atoms with Crippen LogP contribution in [0, 0.1) is 5.41 Å². The van der Waals surface area contributed by atoms with Crippen LogP contribution in [0.15, 0.2) is 49.1 Å². The van der Waals surface area contributed by atoms with Crippen LogP contribution in [0.5, 0.6) is 0 Å². The van der Waals surface area contributed by atoms with Gasteiger partial charge in [-0.05, 0) is 11.5 Å². The van der Waals surface area contributed by atoms with Crippen molar-refractivity contribution >= 4 is 10.8 Å². The van der Waals surface area contributed by atoms with E-state index in [4.69, 9.17) is 4.74 Å². The molecule has 0 saturated carbocycles. The first-order valence-corrected chi connectivity index (χ1v) is 7.17. The van der Waals surface area contributed by atoms with Gasteiger partial charge in [0.05, 0.1) is 13.2 Å². The Morgan fingerprint density at radius 2 is 2.14 bits per heavy atom. The van der Waals surface area contributed by atoms with Gasteiger partial charge in [-0.2, -0.15) is 0 Å². The van der Waals surface area contributed by atoms with Crippen LogP contribution >= 0.6 is 0 Å². The van der Waals surface area contributed by atoms with Crippen LogP contribution in [0.3, 0.4) is 0 Å². The predicted octanol–water partition coefficient (Wildman–Crippen LogP) is 3.13. The molecule has 0 N–H and O–H groups in total. The lowest BCUT2D eigenvalue weighted by Crippen LogP contribution is -2.43. The van der Waals surface area contributed by atoms with Crippen LogP contribution in [0.1, 0.15) is 6.92 Å². The highest BCUT2D eigenvalue weighted by Gasteiger charge is 2.34. The first kappa shape index (κ1) is 12.5. The summed E-state index contributed by atoms with van der Waals surface area (Å²) >= 11 is 0. The molecule has 21 heavy (non-hydrogen) atoms. The molecule has 3 aromatic rings. The highest BCUT2D eigenvalue weighted by atomic mass is 16.5. The van der Waals surface area contributed by atoms with Gasteiger partial charge < -0.3 is 9.30 Å². The van der Waals surface area contributed by atoms with Crippen molar-refractivity contribution in [2.75, 3.05) is 13.2 Å². The molecule has 0 unspecified atom stereocenters. The summed E-state index contributed by atoms with van der Waals surface area (Å²) in [5.41, 5.74) is 1.38. The van der Waals surface area contributed by atoms with E-state index in [-0.39, 0.29) is 5.41 Å². The number of nitrogens with zero attached hydrogens (tertiary/aromatic N) is 3. The number of hydrogen-bond acceptors (Lipinski definition) is 3. The maximum absolute atomic E-state index is 5.36. The molecule has 4 rings (SSSR count). The van der Waals surface area contributed by atoms with Gasteiger partial charge in [0.1, 0.15) is 5.82 Å². The van der Waals surface area contributed by atoms with E-state index in [1.54, 1.807) is 0 Å². The summed E-state index contributed by atoms with van der Waals surface area (Å²) in [7, 11) is 0. The Bertz CT molecular complexity index is 784. The minimum Gasteiger partial charge on any atom is -0.380 e. The van der Waals surface area contributed by atoms with Crippen molar-refractivity contribution in [2.24, 2.45) is 5.41 Å². The fraction of sp³-hybridized carbons (Fsp3) is 0.294. The molecular weight excluding hydrogens is 262 g/mol. The van der Waals surface area contributed by atoms with Crippen molar-refractivity contribution in [3.8, 4) is 11.4 Å². The molecule has 1 saturated heterocycles. The van der Waals surface area contributed by atoms with E-state index in [1.807, 2.05) is 18.6 Å². The summed E-state index contributed by atoms with van der Waals surface area (Å²) in [5.74, 6) is 1.01. The van der Waals surface area contributed by atoms with Crippen LogP contribution < -0.4 is 0 Å². The third-order valence-corrected chi connectivity index (χ3v) is 4.09. The number of aromatic nitrogens is 3. The Morgan fingerprint density at radius 1 is 1.24 bits per heavy atom. The maximum atomic E-state index is 5.36. The number of imidazole rings is 1. The maximum Gasteiger partial charge on any atom is 0.140 e. The summed E-state index contributed by atoms with van der Waals surface area (Å²) in [6, 6.07) is 8.32. The molecule has 0 atom stereocenters. The third kappa shape index (κ3) is 2.12. The Labute approximate surface area is 123 Å². The van der Waals surface area contributed by atoms with Gasteiger partial charge in [0.2, 0.25) is 0 Å². The molecule has 0 bridgehead atoms. The van der Waals surface area contributed by atoms with Crippen molar-refractivity contribution in [1.82, 2.24) is 14.5 Å². The topological polar surface area (TPSA) is 39.9 Å². The fourth-order valence-corrected chi connectivity index (χ4v) is 2.95. The smallest absolute Gasteiger partial charge is 0.140 e. The summed E-state index contributed by atoms with van der Waals surface area (Å²) < 4.78 is 7.59. The molecule has 4 heteroatoms. The Hall–Kier alpha value is -2.20. The predicted molar refractivity (Wildman–Crippen MR) is 81.9 cm³/mol. The van der Waals surface area contributed by atoms with E-state index in [2.05, 4.69) is 51.9 Å². The van der Waals surface area contributed by atoms with Gasteiger partial charge in [0.15, 0.2) is 0 Å². The van der Waals surface area contributed by atoms with E-state index in [9.17, 15) is 0 Å². The average molecular weight is 279 g/mol. The number of hydrogen-bond donors (Lipinski definition) is 0. The standard InChI is InChI=1S/C17H17N3O/c1-17(11-21-12-17)10-20-8-7-19-16(20)15-4-2-3-13-9-18-6-5-14(13)15/h2-9H,10-12H2,1H3. The molecule has 0 radical (unpaired) electrons. The van der Waals surface area contributed by atoms with Crippen molar-refractivity contribution in [3.63, 3.8) is 0 Å². The van der Waals surface area contributed by atoms with Gasteiger partial charge in [-0.3, -0.25) is 4.98 Å². The van der Waals surface area contributed by atoms with E-state index in [0.717, 1.165) is 36.5 Å². The van der Waals surface area contributed by atoms with E-state index < -0.39 is 0 Å². The van der Waals surface area contributed by atoms with Gasteiger partial charge >= 0.3 is 0 Å². The van der Waals surface area contributed by atoms with Crippen LogP contribution in [0.25, 0.3) is 22.2 Å². The minimum absolute atomic E-state index is 0.224. The lowest BCUT2D eigenvalue weighted by molar-refractivity contribution is -0.109. The molecule has 1 aliphatic rings. The Balaban J connectivity index is 1.81. The quantitative estimate of drug-likeness (QED) is 0.739. The van der Waals surface area contributed by atoms with Gasteiger partial charge in [-0.25, -0.2) is 4.98 Å². The molecule has 4 nitrogen and oxygen atoms in total. The SMILES string of the molecule is CC1(Cn2ccnc2-c2cccc3cnccc23)COC1. The van der Waals surface area contributed by atoms with E-state index >= 15 is 0 Å². The third-order valence-electron chi connectivity index (χ3n) is 4.09. The molecule has 0 aliphatic carbocycles. The number of fused-ring (bicyclic) bond motifs is 1. The van der Waals surface area contributed by atoms with Gasteiger partial charge in [-0.15, -0.1) is 0 Å². The molecule has 1 aliphatic heterocycles. The van der Waals surface area contributed by atoms with Crippen molar-refractivity contribution in [1.29, 1.82) is 0 Å². The normalized spacial score (nSPS) is 16.8. The number of benzene rings is 1. The van der Waals surface area contributed by atoms with Crippen molar-refractivity contribution in [3.05, 3.63) is 49.1 Å². The van der Waals surface area contributed by atoms with Crippen molar-refractivity contribution < 1.29 is 4.74 Å². The van der Waals surface area contributed by atoms with Gasteiger partial charge in [0, 0.05) is 47.7 Å². The molecule has 1 fully saturated rings. The highest BCUT2D eigenvalue weighted by Crippen LogP contribution is 2.32. The lowest BCUT2D eigenvalue weighted by Gasteiger charge is -2.38. The fourth-order valence-electron chi connectivity index (χ4n) is 2.95. The molecule has 3 heterocycles. The molecule has 0 spiro atoms. The zero-order chi connectivity index (χ0) is 14.3. The Morgan fingerprint density at radius 3 is 2.95 bits per heavy atom. The molecule has 0 amide bonds. The molecule has 106 valence electrons. The Kier molecular flexibility index (Phi) is 2.79. The summed E-state index contributed by atoms with van der Waals surface area (Å²) in [4.78, 5) is 8.78. The second kappa shape index (κ2) is 4.67. The lowest BCUT2D eigenvalue weighted by atomic mass is 9.88. The molecular formula is C17H17N3O. The zero-order valence-corrected chi connectivity index (χ0v) is 12.0. The van der Waals surface area contributed by atoms with E-state index in [0.29, 0.717) is 0 Å². The number of rotatable bonds is 3. The zero-order valence-electron chi connectivity index (χ0n) is 12.0. The van der Waals surface area contributed by atoms with E-state index in [1.165, 1.54) is 5.39 Å². The van der Waals surface area contributed by atoms with Crippen LogP contribution in [-0.4, -0.2) is 27.7 Å². The first-order chi connectivity index (χ1) is 10.3. The average Bonchev–Trinajstić information content (AvgIpc) is 2.93. The minimum atomic E-state index is 0.224. The highest BCUT2D eigenvalue weighted by molar-refractivity contribution is 5.94. The largest absolute Gasteiger partial charge is 0.380 e. The van der Waals surface area contributed by atoms with Crippen molar-refractivity contribution in [2.45, 2.75) is 13.5 Å². The summed E-state index contributed by atoms with van der Waals surface area (Å²) in [6.45, 7) is 4.84. The molecule has 2 aromatic heterocycles. The first-order valence-electron chi connectivity index (χ1n) is 7.17. The summed E-state index contributed by atoms with van der Waals surface area (Å²) in [5, 5.41) is 2.33. The number of ether oxygens (including phenoxy) is 1. The number of pyridine rings is 1.